The number of nitro groups is 1. The molecular formula is C23H25ClF3N5O6. The largest absolute Gasteiger partial charge is 0.446 e. The molecule has 1 aromatic carbocycles. The first-order valence-corrected chi connectivity index (χ1v) is 11.8. The van der Waals surface area contributed by atoms with Gasteiger partial charge in [0, 0.05) is 32.6 Å². The van der Waals surface area contributed by atoms with E-state index in [9.17, 15) is 38.0 Å². The molecule has 3 rings (SSSR count). The topological polar surface area (TPSA) is 131 Å². The minimum absolute atomic E-state index is 0.0449. The Morgan fingerprint density at radius 3 is 2.34 bits per heavy atom. The van der Waals surface area contributed by atoms with E-state index in [1.54, 1.807) is 17.1 Å². The number of hydrogen-bond donors (Lipinski definition) is 1. The van der Waals surface area contributed by atoms with Gasteiger partial charge in [-0.15, -0.1) is 0 Å². The third-order valence-corrected chi connectivity index (χ3v) is 5.95. The highest BCUT2D eigenvalue weighted by Gasteiger charge is 2.31. The molecule has 0 saturated carbocycles. The first kappa shape index (κ1) is 28.9. The molecule has 2 heterocycles. The summed E-state index contributed by atoms with van der Waals surface area (Å²) in [5.74, 6) is -0.680. The lowest BCUT2D eigenvalue weighted by Gasteiger charge is -2.34. The highest BCUT2D eigenvalue weighted by molar-refractivity contribution is 6.28. The predicted octanol–water partition coefficient (Wildman–Crippen LogP) is 3.60. The fraction of sp³-hybridized carbons (Fsp3) is 0.435. The minimum Gasteiger partial charge on any atom is -0.446 e. The van der Waals surface area contributed by atoms with Gasteiger partial charge in [0.2, 0.25) is 5.91 Å². The van der Waals surface area contributed by atoms with Crippen molar-refractivity contribution in [3.63, 3.8) is 0 Å². The molecule has 0 unspecified atom stereocenters. The second-order valence-corrected chi connectivity index (χ2v) is 9.24. The van der Waals surface area contributed by atoms with Crippen molar-refractivity contribution in [3.05, 3.63) is 63.1 Å². The Bertz CT molecular complexity index is 1190. The van der Waals surface area contributed by atoms with Gasteiger partial charge < -0.3 is 29.8 Å². The molecular weight excluding hydrogens is 535 g/mol. The Morgan fingerprint density at radius 2 is 1.79 bits per heavy atom. The summed E-state index contributed by atoms with van der Waals surface area (Å²) in [4.78, 5) is 41.5. The fourth-order valence-electron chi connectivity index (χ4n) is 3.65. The third kappa shape index (κ3) is 7.92. The molecule has 1 N–H and O–H groups in total. The quantitative estimate of drug-likeness (QED) is 0.386. The molecule has 1 aliphatic rings. The molecule has 15 heteroatoms. The van der Waals surface area contributed by atoms with Crippen LogP contribution >= 0.6 is 11.6 Å². The van der Waals surface area contributed by atoms with E-state index < -0.39 is 40.8 Å². The van der Waals surface area contributed by atoms with Gasteiger partial charge in [0.1, 0.15) is 18.4 Å². The summed E-state index contributed by atoms with van der Waals surface area (Å²) < 4.78 is 44.3. The molecule has 0 radical (unpaired) electrons. The van der Waals surface area contributed by atoms with Crippen LogP contribution in [0.5, 0.6) is 0 Å². The zero-order valence-electron chi connectivity index (χ0n) is 20.2. The van der Waals surface area contributed by atoms with Gasteiger partial charge in [-0.25, -0.2) is 4.79 Å². The van der Waals surface area contributed by atoms with Crippen LogP contribution in [0.3, 0.4) is 0 Å². The maximum Gasteiger partial charge on any atom is 0.416 e. The molecule has 1 atom stereocenters. The summed E-state index contributed by atoms with van der Waals surface area (Å²) in [6.45, 7) is 1.67. The van der Waals surface area contributed by atoms with Gasteiger partial charge in [-0.3, -0.25) is 9.36 Å². The summed E-state index contributed by atoms with van der Waals surface area (Å²) >= 11 is 5.85. The van der Waals surface area contributed by atoms with E-state index in [0.29, 0.717) is 5.56 Å². The monoisotopic (exact) mass is 559 g/mol. The number of carbonyl (C=O) groups is 2. The maximum absolute atomic E-state index is 12.6. The molecule has 2 aromatic rings. The molecule has 2 amide bonds. The lowest BCUT2D eigenvalue weighted by molar-refractivity contribution is -0.389. The SMILES string of the molecule is C[C@](O)(COC(=O)N1CCN(C(=O)CC=Cc2ccc(C(F)(F)F)cc2)CC1)Cn1cc([N+](=O)[O-])nc1Cl. The zero-order chi connectivity index (χ0) is 28.1. The number of rotatable bonds is 8. The average molecular weight is 560 g/mol. The summed E-state index contributed by atoms with van der Waals surface area (Å²) in [5.41, 5.74) is -1.81. The van der Waals surface area contributed by atoms with Crippen LogP contribution in [-0.2, 0) is 22.3 Å². The number of piperazine rings is 1. The number of amides is 2. The van der Waals surface area contributed by atoms with Crippen LogP contribution in [-0.4, -0.2) is 79.8 Å². The van der Waals surface area contributed by atoms with Crippen molar-refractivity contribution in [2.24, 2.45) is 0 Å². The maximum atomic E-state index is 12.6. The standard InChI is InChI=1S/C23H25ClF3N5O6/c1-22(35,14-31-13-18(32(36)37)28-20(31)24)15-38-21(34)30-11-9-29(10-12-30)19(33)4-2-3-16-5-7-17(8-6-16)23(25,26)27/h2-3,5-8,13,35H,4,9-12,14-15H2,1H3/t22-/m1/s1. The van der Waals surface area contributed by atoms with Crippen molar-refractivity contribution in [1.29, 1.82) is 0 Å². The van der Waals surface area contributed by atoms with Crippen molar-refractivity contribution in [2.75, 3.05) is 32.8 Å². The van der Waals surface area contributed by atoms with Crippen LogP contribution in [0, 0.1) is 10.1 Å². The Morgan fingerprint density at radius 1 is 1.18 bits per heavy atom. The molecule has 0 bridgehead atoms. The van der Waals surface area contributed by atoms with E-state index in [2.05, 4.69) is 4.98 Å². The van der Waals surface area contributed by atoms with Gasteiger partial charge in [-0.05, 0) is 46.1 Å². The number of nitrogens with zero attached hydrogens (tertiary/aromatic N) is 5. The van der Waals surface area contributed by atoms with Crippen molar-refractivity contribution in [2.45, 2.75) is 31.7 Å². The number of benzene rings is 1. The highest BCUT2D eigenvalue weighted by atomic mass is 35.5. The first-order chi connectivity index (χ1) is 17.7. The van der Waals surface area contributed by atoms with Gasteiger partial charge in [-0.1, -0.05) is 24.3 Å². The van der Waals surface area contributed by atoms with E-state index in [-0.39, 0.29) is 50.3 Å². The number of carbonyl (C=O) groups excluding carboxylic acids is 2. The molecule has 38 heavy (non-hydrogen) atoms. The van der Waals surface area contributed by atoms with E-state index in [1.165, 1.54) is 28.5 Å². The van der Waals surface area contributed by atoms with Crippen molar-refractivity contribution in [3.8, 4) is 0 Å². The van der Waals surface area contributed by atoms with Crippen molar-refractivity contribution >= 4 is 35.5 Å². The van der Waals surface area contributed by atoms with Crippen molar-refractivity contribution in [1.82, 2.24) is 19.4 Å². The molecule has 1 aromatic heterocycles. The number of ether oxygens (including phenoxy) is 1. The summed E-state index contributed by atoms with van der Waals surface area (Å²) in [7, 11) is 0. The van der Waals surface area contributed by atoms with E-state index in [4.69, 9.17) is 16.3 Å². The second kappa shape index (κ2) is 11.8. The van der Waals surface area contributed by atoms with Crippen LogP contribution < -0.4 is 0 Å². The smallest absolute Gasteiger partial charge is 0.416 e. The number of aromatic nitrogens is 2. The van der Waals surface area contributed by atoms with E-state index in [1.807, 2.05) is 0 Å². The highest BCUT2D eigenvalue weighted by Crippen LogP contribution is 2.29. The van der Waals surface area contributed by atoms with E-state index in [0.717, 1.165) is 18.3 Å². The number of hydrogen-bond acceptors (Lipinski definition) is 7. The van der Waals surface area contributed by atoms with E-state index >= 15 is 0 Å². The fourth-order valence-corrected chi connectivity index (χ4v) is 3.84. The van der Waals surface area contributed by atoms with Gasteiger partial charge in [0.05, 0.1) is 12.1 Å². The number of aliphatic hydroxyl groups is 1. The summed E-state index contributed by atoms with van der Waals surface area (Å²) in [6.07, 6.45) is -0.870. The average Bonchev–Trinajstić information content (AvgIpc) is 3.22. The molecule has 1 aliphatic heterocycles. The summed E-state index contributed by atoms with van der Waals surface area (Å²) in [5, 5.41) is 21.1. The predicted molar refractivity (Wildman–Crippen MR) is 129 cm³/mol. The van der Waals surface area contributed by atoms with Crippen LogP contribution in [0.2, 0.25) is 5.28 Å². The molecule has 11 nitrogen and oxygen atoms in total. The molecule has 206 valence electrons. The van der Waals surface area contributed by atoms with Crippen LogP contribution in [0.15, 0.2) is 36.5 Å². The van der Waals surface area contributed by atoms with Crippen LogP contribution in [0.25, 0.3) is 6.08 Å². The normalized spacial score (nSPS) is 15.9. The molecule has 1 fully saturated rings. The van der Waals surface area contributed by atoms with Crippen LogP contribution in [0.1, 0.15) is 24.5 Å². The Hall–Kier alpha value is -3.65. The lowest BCUT2D eigenvalue weighted by Crippen LogP contribution is -2.51. The molecule has 0 spiro atoms. The number of imidazole rings is 1. The Balaban J connectivity index is 1.41. The van der Waals surface area contributed by atoms with Gasteiger partial charge in [-0.2, -0.15) is 13.2 Å². The third-order valence-electron chi connectivity index (χ3n) is 5.65. The number of halogens is 4. The van der Waals surface area contributed by atoms with Crippen LogP contribution in [0.4, 0.5) is 23.8 Å². The van der Waals surface area contributed by atoms with Gasteiger partial charge >= 0.3 is 23.4 Å². The molecule has 1 saturated heterocycles. The second-order valence-electron chi connectivity index (χ2n) is 8.90. The Labute approximate surface area is 220 Å². The zero-order valence-corrected chi connectivity index (χ0v) is 21.0. The van der Waals surface area contributed by atoms with Crippen molar-refractivity contribution < 1.29 is 37.5 Å². The minimum atomic E-state index is -4.41. The first-order valence-electron chi connectivity index (χ1n) is 11.4. The lowest BCUT2D eigenvalue weighted by atomic mass is 10.1. The van der Waals surface area contributed by atoms with Gasteiger partial charge in [0.25, 0.3) is 0 Å². The Kier molecular flexibility index (Phi) is 8.99. The van der Waals surface area contributed by atoms with Gasteiger partial charge in [0.15, 0.2) is 0 Å². The molecule has 0 aliphatic carbocycles. The number of alkyl halides is 3. The summed E-state index contributed by atoms with van der Waals surface area (Å²) in [6, 6.07) is 4.58.